The molecule has 6 heteroatoms. The van der Waals surface area contributed by atoms with Crippen LogP contribution in [0.5, 0.6) is 0 Å². The average Bonchev–Trinajstić information content (AvgIpc) is 3.32. The third kappa shape index (κ3) is 6.98. The SMILES string of the molecule is CCNC(=NCc1cc(C(CC)CC)no1)NCCCOC1CCCC1. The van der Waals surface area contributed by atoms with Crippen molar-refractivity contribution in [3.8, 4) is 0 Å². The van der Waals surface area contributed by atoms with E-state index in [2.05, 4.69) is 41.6 Å². The molecule has 1 aromatic heterocycles. The van der Waals surface area contributed by atoms with Gasteiger partial charge in [-0.05, 0) is 39.0 Å². The Morgan fingerprint density at radius 3 is 2.73 bits per heavy atom. The van der Waals surface area contributed by atoms with Gasteiger partial charge in [0, 0.05) is 31.7 Å². The molecule has 1 saturated carbocycles. The van der Waals surface area contributed by atoms with E-state index in [-0.39, 0.29) is 0 Å². The summed E-state index contributed by atoms with van der Waals surface area (Å²) >= 11 is 0. The monoisotopic (exact) mass is 364 g/mol. The number of hydrogen-bond acceptors (Lipinski definition) is 4. The van der Waals surface area contributed by atoms with Crippen molar-refractivity contribution in [3.63, 3.8) is 0 Å². The standard InChI is InChI=1S/C20H36N4O2/c1-4-16(5-2)19-14-18(26-24-19)15-23-20(21-6-3)22-12-9-13-25-17-10-7-8-11-17/h14,16-17H,4-13,15H2,1-3H3,(H2,21,22,23). The zero-order valence-electron chi connectivity index (χ0n) is 16.7. The summed E-state index contributed by atoms with van der Waals surface area (Å²) in [7, 11) is 0. The Kier molecular flexibility index (Phi) is 9.53. The minimum atomic E-state index is 0.475. The predicted octanol–water partition coefficient (Wildman–Crippen LogP) is 3.98. The summed E-state index contributed by atoms with van der Waals surface area (Å²) in [6, 6.07) is 2.04. The molecule has 6 nitrogen and oxygen atoms in total. The number of nitrogens with one attached hydrogen (secondary N) is 2. The third-order valence-electron chi connectivity index (χ3n) is 4.99. The lowest BCUT2D eigenvalue weighted by Gasteiger charge is -2.13. The maximum atomic E-state index is 5.90. The van der Waals surface area contributed by atoms with Crippen molar-refractivity contribution in [2.45, 2.75) is 84.3 Å². The highest BCUT2D eigenvalue weighted by molar-refractivity contribution is 5.79. The Hall–Kier alpha value is -1.56. The van der Waals surface area contributed by atoms with Crippen molar-refractivity contribution < 1.29 is 9.26 Å². The molecule has 0 radical (unpaired) electrons. The summed E-state index contributed by atoms with van der Waals surface area (Å²) in [6.07, 6.45) is 8.75. The van der Waals surface area contributed by atoms with Crippen molar-refractivity contribution in [3.05, 3.63) is 17.5 Å². The van der Waals surface area contributed by atoms with E-state index in [9.17, 15) is 0 Å². The van der Waals surface area contributed by atoms with Gasteiger partial charge in [-0.15, -0.1) is 0 Å². The molecule has 0 bridgehead atoms. The Morgan fingerprint density at radius 2 is 2.04 bits per heavy atom. The van der Waals surface area contributed by atoms with Crippen LogP contribution >= 0.6 is 0 Å². The summed E-state index contributed by atoms with van der Waals surface area (Å²) < 4.78 is 11.3. The molecule has 0 atom stereocenters. The second-order valence-corrected chi connectivity index (χ2v) is 6.98. The fourth-order valence-electron chi connectivity index (χ4n) is 3.39. The van der Waals surface area contributed by atoms with E-state index in [4.69, 9.17) is 9.26 Å². The molecule has 2 rings (SSSR count). The van der Waals surface area contributed by atoms with Gasteiger partial charge in [-0.2, -0.15) is 0 Å². The number of aromatic nitrogens is 1. The summed E-state index contributed by atoms with van der Waals surface area (Å²) in [4.78, 5) is 4.60. The first kappa shape index (κ1) is 20.7. The highest BCUT2D eigenvalue weighted by Gasteiger charge is 2.15. The van der Waals surface area contributed by atoms with Gasteiger partial charge < -0.3 is 19.9 Å². The van der Waals surface area contributed by atoms with Gasteiger partial charge in [-0.25, -0.2) is 4.99 Å². The highest BCUT2D eigenvalue weighted by Crippen LogP contribution is 2.22. The third-order valence-corrected chi connectivity index (χ3v) is 4.99. The molecule has 1 aliphatic carbocycles. The minimum absolute atomic E-state index is 0.475. The largest absolute Gasteiger partial charge is 0.378 e. The first-order chi connectivity index (χ1) is 12.8. The van der Waals surface area contributed by atoms with E-state index < -0.39 is 0 Å². The molecular weight excluding hydrogens is 328 g/mol. The van der Waals surface area contributed by atoms with Crippen LogP contribution in [0.3, 0.4) is 0 Å². The van der Waals surface area contributed by atoms with E-state index in [0.717, 1.165) is 56.4 Å². The van der Waals surface area contributed by atoms with E-state index in [1.807, 2.05) is 6.07 Å². The quantitative estimate of drug-likeness (QED) is 0.353. The molecule has 0 saturated heterocycles. The van der Waals surface area contributed by atoms with Gasteiger partial charge in [-0.1, -0.05) is 31.8 Å². The molecule has 0 aromatic carbocycles. The van der Waals surface area contributed by atoms with Crippen LogP contribution in [0.25, 0.3) is 0 Å². The van der Waals surface area contributed by atoms with Crippen LogP contribution in [-0.2, 0) is 11.3 Å². The maximum absolute atomic E-state index is 5.90. The lowest BCUT2D eigenvalue weighted by molar-refractivity contribution is 0.0574. The van der Waals surface area contributed by atoms with E-state index in [0.29, 0.717) is 18.6 Å². The predicted molar refractivity (Wildman–Crippen MR) is 105 cm³/mol. The van der Waals surface area contributed by atoms with Crippen molar-refractivity contribution in [2.24, 2.45) is 4.99 Å². The van der Waals surface area contributed by atoms with Crippen molar-refractivity contribution in [1.82, 2.24) is 15.8 Å². The second-order valence-electron chi connectivity index (χ2n) is 6.98. The molecular formula is C20H36N4O2. The first-order valence-corrected chi connectivity index (χ1v) is 10.4. The topological polar surface area (TPSA) is 71.7 Å². The Labute approximate surface area is 158 Å². The van der Waals surface area contributed by atoms with Crippen molar-refractivity contribution in [1.29, 1.82) is 0 Å². The smallest absolute Gasteiger partial charge is 0.191 e. The molecule has 0 unspecified atom stereocenters. The van der Waals surface area contributed by atoms with Crippen LogP contribution < -0.4 is 10.6 Å². The lowest BCUT2D eigenvalue weighted by Crippen LogP contribution is -2.38. The molecule has 2 N–H and O–H groups in total. The molecule has 26 heavy (non-hydrogen) atoms. The van der Waals surface area contributed by atoms with Crippen molar-refractivity contribution >= 4 is 5.96 Å². The number of nitrogens with zero attached hydrogens (tertiary/aromatic N) is 2. The summed E-state index contributed by atoms with van der Waals surface area (Å²) in [5, 5.41) is 10.8. The van der Waals surface area contributed by atoms with E-state index in [1.165, 1.54) is 25.7 Å². The Morgan fingerprint density at radius 1 is 1.27 bits per heavy atom. The van der Waals surface area contributed by atoms with Crippen LogP contribution in [0.15, 0.2) is 15.6 Å². The number of ether oxygens (including phenoxy) is 1. The van der Waals surface area contributed by atoms with Gasteiger partial charge in [-0.3, -0.25) is 0 Å². The fourth-order valence-corrected chi connectivity index (χ4v) is 3.39. The van der Waals surface area contributed by atoms with Crippen LogP contribution in [0.4, 0.5) is 0 Å². The fraction of sp³-hybridized carbons (Fsp3) is 0.800. The zero-order valence-corrected chi connectivity index (χ0v) is 16.7. The number of rotatable bonds is 11. The second kappa shape index (κ2) is 11.9. The average molecular weight is 365 g/mol. The molecule has 0 amide bonds. The first-order valence-electron chi connectivity index (χ1n) is 10.4. The van der Waals surface area contributed by atoms with E-state index >= 15 is 0 Å². The molecule has 1 heterocycles. The van der Waals surface area contributed by atoms with Crippen LogP contribution in [0.2, 0.25) is 0 Å². The molecule has 1 aliphatic rings. The number of guanidine groups is 1. The minimum Gasteiger partial charge on any atom is -0.378 e. The van der Waals surface area contributed by atoms with Crippen LogP contribution in [0.1, 0.15) is 83.1 Å². The molecule has 1 fully saturated rings. The summed E-state index contributed by atoms with van der Waals surface area (Å²) in [5.74, 6) is 2.10. The normalized spacial score (nSPS) is 15.8. The van der Waals surface area contributed by atoms with Crippen LogP contribution in [0, 0.1) is 0 Å². The summed E-state index contributed by atoms with van der Waals surface area (Å²) in [6.45, 7) is 9.45. The summed E-state index contributed by atoms with van der Waals surface area (Å²) in [5.41, 5.74) is 1.04. The van der Waals surface area contributed by atoms with Crippen LogP contribution in [-0.4, -0.2) is 36.9 Å². The molecule has 0 spiro atoms. The molecule has 148 valence electrons. The lowest BCUT2D eigenvalue weighted by atomic mass is 9.99. The van der Waals surface area contributed by atoms with Gasteiger partial charge in [0.1, 0.15) is 6.54 Å². The van der Waals surface area contributed by atoms with Gasteiger partial charge in [0.2, 0.25) is 0 Å². The number of aliphatic imine (C=N–C) groups is 1. The van der Waals surface area contributed by atoms with Crippen molar-refractivity contribution in [2.75, 3.05) is 19.7 Å². The van der Waals surface area contributed by atoms with Gasteiger partial charge >= 0.3 is 0 Å². The van der Waals surface area contributed by atoms with Gasteiger partial charge in [0.25, 0.3) is 0 Å². The number of hydrogen-bond donors (Lipinski definition) is 2. The highest BCUT2D eigenvalue weighted by atomic mass is 16.5. The van der Waals surface area contributed by atoms with Gasteiger partial charge in [0.05, 0.1) is 11.8 Å². The zero-order chi connectivity index (χ0) is 18.6. The van der Waals surface area contributed by atoms with Gasteiger partial charge in [0.15, 0.2) is 11.7 Å². The molecule has 0 aliphatic heterocycles. The maximum Gasteiger partial charge on any atom is 0.191 e. The Balaban J connectivity index is 1.73. The Bertz CT molecular complexity index is 520. The molecule has 1 aromatic rings. The van der Waals surface area contributed by atoms with E-state index in [1.54, 1.807) is 0 Å².